The van der Waals surface area contributed by atoms with Crippen LogP contribution in [0, 0.1) is 0 Å². The number of hydrogen-bond donors (Lipinski definition) is 1. The van der Waals surface area contributed by atoms with E-state index in [1.165, 1.54) is 0 Å². The first kappa shape index (κ1) is 15.5. The van der Waals surface area contributed by atoms with Crippen molar-refractivity contribution < 1.29 is 18.6 Å². The van der Waals surface area contributed by atoms with E-state index in [9.17, 15) is 8.78 Å². The van der Waals surface area contributed by atoms with Crippen molar-refractivity contribution in [2.24, 2.45) is 7.05 Å². The van der Waals surface area contributed by atoms with Gasteiger partial charge in [-0.15, -0.1) is 0 Å². The van der Waals surface area contributed by atoms with Crippen LogP contribution in [0.3, 0.4) is 0 Å². The molecular weight excluding hydrogens is 310 g/mol. The number of aliphatic hydroxyl groups is 1. The normalized spacial score (nSPS) is 12.1. The molecule has 0 spiro atoms. The average Bonchev–Trinajstić information content (AvgIpc) is 2.60. The number of nitrogens with zero attached hydrogens (tertiary/aromatic N) is 2. The van der Waals surface area contributed by atoms with E-state index in [4.69, 9.17) is 9.84 Å². The zero-order valence-electron chi connectivity index (χ0n) is 10.4. The van der Waals surface area contributed by atoms with Crippen LogP contribution in [0.5, 0.6) is 0 Å². The highest BCUT2D eigenvalue weighted by Gasteiger charge is 2.27. The van der Waals surface area contributed by atoms with Gasteiger partial charge in [-0.05, 0) is 22.4 Å². The van der Waals surface area contributed by atoms with Gasteiger partial charge in [0.1, 0.15) is 12.3 Å². The number of halogens is 3. The Balaban J connectivity index is 2.45. The zero-order chi connectivity index (χ0) is 13.8. The SMILES string of the molecule is CCc1c(Br)c(COCCC(F)(F)CO)nn1C. The van der Waals surface area contributed by atoms with E-state index in [1.807, 2.05) is 14.0 Å². The van der Waals surface area contributed by atoms with Gasteiger partial charge >= 0.3 is 0 Å². The fourth-order valence-corrected chi connectivity index (χ4v) is 2.27. The van der Waals surface area contributed by atoms with Gasteiger partial charge in [-0.3, -0.25) is 4.68 Å². The van der Waals surface area contributed by atoms with E-state index in [2.05, 4.69) is 21.0 Å². The average molecular weight is 327 g/mol. The van der Waals surface area contributed by atoms with Crippen molar-refractivity contribution in [1.29, 1.82) is 0 Å². The summed E-state index contributed by atoms with van der Waals surface area (Å²) < 4.78 is 33.2. The molecule has 0 aromatic carbocycles. The Morgan fingerprint density at radius 2 is 2.17 bits per heavy atom. The lowest BCUT2D eigenvalue weighted by Gasteiger charge is -2.12. The highest BCUT2D eigenvalue weighted by Crippen LogP contribution is 2.23. The summed E-state index contributed by atoms with van der Waals surface area (Å²) in [5.41, 5.74) is 1.73. The molecule has 1 N–H and O–H groups in total. The van der Waals surface area contributed by atoms with E-state index < -0.39 is 19.0 Å². The second-order valence-corrected chi connectivity index (χ2v) is 4.79. The molecule has 0 unspecified atom stereocenters. The number of hydrogen-bond acceptors (Lipinski definition) is 3. The van der Waals surface area contributed by atoms with Gasteiger partial charge in [0.05, 0.1) is 23.4 Å². The van der Waals surface area contributed by atoms with Crippen LogP contribution >= 0.6 is 15.9 Å². The van der Waals surface area contributed by atoms with Crippen molar-refractivity contribution in [3.8, 4) is 0 Å². The summed E-state index contributed by atoms with van der Waals surface area (Å²) in [6, 6.07) is 0. The van der Waals surface area contributed by atoms with Crippen LogP contribution in [0.1, 0.15) is 24.7 Å². The number of aromatic nitrogens is 2. The first-order valence-corrected chi connectivity index (χ1v) is 6.47. The molecule has 0 bridgehead atoms. The quantitative estimate of drug-likeness (QED) is 0.782. The molecule has 4 nitrogen and oxygen atoms in total. The van der Waals surface area contributed by atoms with Gasteiger partial charge in [-0.1, -0.05) is 6.92 Å². The van der Waals surface area contributed by atoms with Gasteiger partial charge in [-0.2, -0.15) is 5.10 Å². The van der Waals surface area contributed by atoms with Crippen LogP contribution in [-0.4, -0.2) is 34.0 Å². The number of alkyl halides is 2. The molecule has 0 amide bonds. The third kappa shape index (κ3) is 4.00. The monoisotopic (exact) mass is 326 g/mol. The Hall–Kier alpha value is -0.530. The van der Waals surface area contributed by atoms with E-state index in [0.29, 0.717) is 5.69 Å². The van der Waals surface area contributed by atoms with E-state index in [-0.39, 0.29) is 13.2 Å². The standard InChI is InChI=1S/C11H17BrF2N2O2/c1-3-9-10(12)8(15-16(9)2)6-18-5-4-11(13,14)7-17/h17H,3-7H2,1-2H3. The molecule has 7 heteroatoms. The number of ether oxygens (including phenoxy) is 1. The number of rotatable bonds is 7. The van der Waals surface area contributed by atoms with Gasteiger partial charge in [0.25, 0.3) is 5.92 Å². The van der Waals surface area contributed by atoms with Gasteiger partial charge < -0.3 is 9.84 Å². The first-order chi connectivity index (χ1) is 8.41. The molecule has 0 aliphatic rings. The fourth-order valence-electron chi connectivity index (χ4n) is 1.54. The second kappa shape index (κ2) is 6.58. The van der Waals surface area contributed by atoms with E-state index in [1.54, 1.807) is 4.68 Å². The maximum absolute atomic E-state index is 12.7. The molecule has 1 heterocycles. The maximum atomic E-state index is 12.7. The van der Waals surface area contributed by atoms with Crippen LogP contribution in [-0.2, 0) is 24.8 Å². The smallest absolute Gasteiger partial charge is 0.272 e. The minimum Gasteiger partial charge on any atom is -0.390 e. The summed E-state index contributed by atoms with van der Waals surface area (Å²) in [6.45, 7) is 0.922. The van der Waals surface area contributed by atoms with Crippen molar-refractivity contribution in [2.45, 2.75) is 32.3 Å². The lowest BCUT2D eigenvalue weighted by Crippen LogP contribution is -2.23. The van der Waals surface area contributed by atoms with E-state index in [0.717, 1.165) is 16.6 Å². The van der Waals surface area contributed by atoms with Gasteiger partial charge in [0.2, 0.25) is 0 Å². The lowest BCUT2D eigenvalue weighted by atomic mass is 10.2. The zero-order valence-corrected chi connectivity index (χ0v) is 12.0. The highest BCUT2D eigenvalue weighted by molar-refractivity contribution is 9.10. The molecular formula is C11H17BrF2N2O2. The Labute approximate surface area is 113 Å². The van der Waals surface area contributed by atoms with Crippen LogP contribution in [0.25, 0.3) is 0 Å². The Morgan fingerprint density at radius 3 is 2.67 bits per heavy atom. The number of aryl methyl sites for hydroxylation is 1. The minimum atomic E-state index is -3.07. The molecule has 0 fully saturated rings. The predicted molar refractivity (Wildman–Crippen MR) is 66.6 cm³/mol. The van der Waals surface area contributed by atoms with Gasteiger partial charge in [-0.25, -0.2) is 8.78 Å². The highest BCUT2D eigenvalue weighted by atomic mass is 79.9. The van der Waals surface area contributed by atoms with Crippen molar-refractivity contribution >= 4 is 15.9 Å². The third-order valence-corrected chi connectivity index (χ3v) is 3.50. The molecule has 1 aromatic rings. The predicted octanol–water partition coefficient (Wildman–Crippen LogP) is 2.28. The Kier molecular flexibility index (Phi) is 5.68. The van der Waals surface area contributed by atoms with Crippen molar-refractivity contribution in [3.63, 3.8) is 0 Å². The van der Waals surface area contributed by atoms with Crippen LogP contribution in [0.15, 0.2) is 4.47 Å². The first-order valence-electron chi connectivity index (χ1n) is 5.68. The molecule has 1 aromatic heterocycles. The Bertz CT molecular complexity index is 397. The molecule has 1 rings (SSSR count). The van der Waals surface area contributed by atoms with E-state index >= 15 is 0 Å². The van der Waals surface area contributed by atoms with Gasteiger partial charge in [0.15, 0.2) is 0 Å². The summed E-state index contributed by atoms with van der Waals surface area (Å²) in [5.74, 6) is -3.07. The lowest BCUT2D eigenvalue weighted by molar-refractivity contribution is -0.0740. The molecule has 0 saturated carbocycles. The molecule has 0 aliphatic heterocycles. The molecule has 104 valence electrons. The minimum absolute atomic E-state index is 0.113. The summed E-state index contributed by atoms with van der Waals surface area (Å²) in [4.78, 5) is 0. The summed E-state index contributed by atoms with van der Waals surface area (Å²) >= 11 is 3.42. The molecule has 0 radical (unpaired) electrons. The van der Waals surface area contributed by atoms with Gasteiger partial charge in [0, 0.05) is 13.5 Å². The fraction of sp³-hybridized carbons (Fsp3) is 0.727. The summed E-state index contributed by atoms with van der Waals surface area (Å²) in [5, 5.41) is 12.6. The largest absolute Gasteiger partial charge is 0.390 e. The van der Waals surface area contributed by atoms with Crippen molar-refractivity contribution in [1.82, 2.24) is 9.78 Å². The van der Waals surface area contributed by atoms with Crippen molar-refractivity contribution in [3.05, 3.63) is 15.9 Å². The topological polar surface area (TPSA) is 47.3 Å². The molecule has 18 heavy (non-hydrogen) atoms. The Morgan fingerprint density at radius 1 is 1.50 bits per heavy atom. The molecule has 0 aliphatic carbocycles. The van der Waals surface area contributed by atoms with Crippen LogP contribution < -0.4 is 0 Å². The molecule has 0 atom stereocenters. The second-order valence-electron chi connectivity index (χ2n) is 4.00. The van der Waals surface area contributed by atoms with Crippen molar-refractivity contribution in [2.75, 3.05) is 13.2 Å². The third-order valence-electron chi connectivity index (χ3n) is 2.59. The van der Waals surface area contributed by atoms with Crippen LogP contribution in [0.2, 0.25) is 0 Å². The maximum Gasteiger partial charge on any atom is 0.272 e. The molecule has 0 saturated heterocycles. The van der Waals surface area contributed by atoms with Crippen LogP contribution in [0.4, 0.5) is 8.78 Å². The number of aliphatic hydroxyl groups excluding tert-OH is 1. The summed E-state index contributed by atoms with van der Waals surface area (Å²) in [7, 11) is 1.83. The summed E-state index contributed by atoms with van der Waals surface area (Å²) in [6.07, 6.45) is 0.335.